The van der Waals surface area contributed by atoms with E-state index in [9.17, 15) is 33.1 Å². The molecule has 0 saturated carbocycles. The number of halogens is 5. The van der Waals surface area contributed by atoms with Crippen LogP contribution in [0.4, 0.5) is 13.2 Å². The van der Waals surface area contributed by atoms with Gasteiger partial charge in [0.05, 0.1) is 12.2 Å². The molecule has 2 aromatic carbocycles. The Morgan fingerprint density at radius 2 is 1.85 bits per heavy atom. The largest absolute Gasteiger partial charge is 0.416 e. The summed E-state index contributed by atoms with van der Waals surface area (Å²) in [5, 5.41) is 22.5. The molecule has 1 amide bonds. The molecule has 40 heavy (non-hydrogen) atoms. The molecular weight excluding hydrogens is 568 g/mol. The van der Waals surface area contributed by atoms with E-state index in [-0.39, 0.29) is 50.1 Å². The van der Waals surface area contributed by atoms with E-state index in [1.165, 1.54) is 18.2 Å². The number of pyridine rings is 2. The summed E-state index contributed by atoms with van der Waals surface area (Å²) < 4.78 is 40.2. The highest BCUT2D eigenvalue weighted by atomic mass is 35.5. The summed E-state index contributed by atoms with van der Waals surface area (Å²) in [7, 11) is 0. The molecule has 4 aromatic rings. The fourth-order valence-corrected chi connectivity index (χ4v) is 4.57. The number of hydrogen-bond donors (Lipinski definition) is 3. The first kappa shape index (κ1) is 28.8. The molecule has 204 valence electrons. The van der Waals surface area contributed by atoms with E-state index in [1.54, 1.807) is 24.4 Å². The molecule has 0 unspecified atom stereocenters. The highest BCUT2D eigenvalue weighted by Crippen LogP contribution is 2.38. The van der Waals surface area contributed by atoms with E-state index in [0.717, 1.165) is 23.9 Å². The second-order valence-corrected chi connectivity index (χ2v) is 9.41. The van der Waals surface area contributed by atoms with Crippen LogP contribution in [0.3, 0.4) is 0 Å². The van der Waals surface area contributed by atoms with Crippen LogP contribution in [0.1, 0.15) is 32.7 Å². The quantitative estimate of drug-likeness (QED) is 0.254. The third-order valence-corrected chi connectivity index (χ3v) is 6.58. The van der Waals surface area contributed by atoms with Crippen LogP contribution in [0.2, 0.25) is 10.0 Å². The van der Waals surface area contributed by atoms with Crippen LogP contribution >= 0.6 is 23.2 Å². The highest BCUT2D eigenvalue weighted by molar-refractivity contribution is 6.33. The predicted octanol–water partition coefficient (Wildman–Crippen LogP) is 5.77. The van der Waals surface area contributed by atoms with E-state index in [4.69, 9.17) is 23.2 Å². The van der Waals surface area contributed by atoms with Gasteiger partial charge >= 0.3 is 6.18 Å². The number of aliphatic hydroxyl groups is 1. The number of aromatic nitrogens is 2. The van der Waals surface area contributed by atoms with Gasteiger partial charge in [-0.1, -0.05) is 29.3 Å². The summed E-state index contributed by atoms with van der Waals surface area (Å²) in [6.45, 7) is -0.411. The van der Waals surface area contributed by atoms with Crippen LogP contribution in [0.25, 0.3) is 22.4 Å². The molecule has 2 heterocycles. The van der Waals surface area contributed by atoms with Gasteiger partial charge in [0.15, 0.2) is 0 Å². The molecule has 0 spiro atoms. The second kappa shape index (κ2) is 11.9. The zero-order valence-corrected chi connectivity index (χ0v) is 22.0. The Labute approximate surface area is 235 Å². The molecular formula is C28H19Cl2F3N4O3. The maximum Gasteiger partial charge on any atom is 0.416 e. The summed E-state index contributed by atoms with van der Waals surface area (Å²) in [6.07, 6.45) is -2.63. The smallest absolute Gasteiger partial charge is 0.392 e. The van der Waals surface area contributed by atoms with E-state index >= 15 is 0 Å². The van der Waals surface area contributed by atoms with E-state index < -0.39 is 35.4 Å². The number of amides is 1. The topological polar surface area (TPSA) is 119 Å². The molecule has 0 aliphatic heterocycles. The Bertz CT molecular complexity index is 1680. The van der Waals surface area contributed by atoms with Crippen LogP contribution in [-0.4, -0.2) is 27.5 Å². The summed E-state index contributed by atoms with van der Waals surface area (Å²) >= 11 is 12.5. The number of carbonyl (C=O) groups is 1. The zero-order chi connectivity index (χ0) is 29.0. The number of H-pyrrole nitrogens is 1. The maximum atomic E-state index is 13.4. The van der Waals surface area contributed by atoms with Crippen molar-refractivity contribution < 1.29 is 23.1 Å². The van der Waals surface area contributed by atoms with Crippen molar-refractivity contribution in [2.45, 2.75) is 19.2 Å². The molecule has 0 atom stereocenters. The highest BCUT2D eigenvalue weighted by Gasteiger charge is 2.31. The lowest BCUT2D eigenvalue weighted by atomic mass is 9.94. The van der Waals surface area contributed by atoms with E-state index in [0.29, 0.717) is 6.42 Å². The van der Waals surface area contributed by atoms with Gasteiger partial charge in [-0.3, -0.25) is 14.6 Å². The Balaban J connectivity index is 1.80. The van der Waals surface area contributed by atoms with Crippen molar-refractivity contribution in [3.8, 4) is 28.5 Å². The van der Waals surface area contributed by atoms with Crippen molar-refractivity contribution in [1.82, 2.24) is 15.3 Å². The molecule has 3 N–H and O–H groups in total. The third kappa shape index (κ3) is 6.18. The van der Waals surface area contributed by atoms with Crippen LogP contribution in [-0.2, 0) is 19.2 Å². The van der Waals surface area contributed by atoms with Crippen molar-refractivity contribution in [3.05, 3.63) is 109 Å². The molecule has 0 radical (unpaired) electrons. The van der Waals surface area contributed by atoms with E-state index in [1.807, 2.05) is 6.07 Å². The van der Waals surface area contributed by atoms with Crippen LogP contribution < -0.4 is 10.9 Å². The van der Waals surface area contributed by atoms with Gasteiger partial charge in [0.2, 0.25) is 0 Å². The van der Waals surface area contributed by atoms with Crippen molar-refractivity contribution in [3.63, 3.8) is 0 Å². The van der Waals surface area contributed by atoms with Crippen LogP contribution in [0.15, 0.2) is 65.6 Å². The van der Waals surface area contributed by atoms with Crippen LogP contribution in [0, 0.1) is 11.3 Å². The number of carbonyl (C=O) groups excluding carboxylic acids is 1. The van der Waals surface area contributed by atoms with Crippen molar-refractivity contribution in [2.75, 3.05) is 6.54 Å². The number of benzene rings is 2. The van der Waals surface area contributed by atoms with Gasteiger partial charge in [-0.05, 0) is 54.1 Å². The Morgan fingerprint density at radius 3 is 2.50 bits per heavy atom. The number of nitrogens with one attached hydrogen (secondary N) is 2. The molecule has 2 aromatic heterocycles. The summed E-state index contributed by atoms with van der Waals surface area (Å²) in [5.74, 6) is -0.555. The van der Waals surface area contributed by atoms with Gasteiger partial charge in [0, 0.05) is 62.8 Å². The minimum Gasteiger partial charge on any atom is -0.392 e. The van der Waals surface area contributed by atoms with Gasteiger partial charge in [-0.2, -0.15) is 18.4 Å². The Morgan fingerprint density at radius 1 is 1.07 bits per heavy atom. The Hall–Kier alpha value is -4.17. The number of nitriles is 1. The number of aliphatic hydroxyl groups excluding tert-OH is 1. The molecule has 7 nitrogen and oxygen atoms in total. The summed E-state index contributed by atoms with van der Waals surface area (Å²) in [4.78, 5) is 32.6. The van der Waals surface area contributed by atoms with E-state index in [2.05, 4.69) is 15.3 Å². The number of aromatic amines is 1. The molecule has 12 heteroatoms. The molecule has 0 bridgehead atoms. The minimum atomic E-state index is -4.70. The predicted molar refractivity (Wildman–Crippen MR) is 144 cm³/mol. The number of nitrogens with zero attached hydrogens (tertiary/aromatic N) is 2. The fourth-order valence-electron chi connectivity index (χ4n) is 4.13. The number of alkyl halides is 3. The second-order valence-electron chi connectivity index (χ2n) is 8.57. The summed E-state index contributed by atoms with van der Waals surface area (Å²) in [6, 6.07) is 13.6. The van der Waals surface area contributed by atoms with Crippen molar-refractivity contribution in [2.24, 2.45) is 0 Å². The average Bonchev–Trinajstić information content (AvgIpc) is 2.92. The van der Waals surface area contributed by atoms with Crippen LogP contribution in [0.5, 0.6) is 0 Å². The lowest BCUT2D eigenvalue weighted by Gasteiger charge is -2.16. The first-order chi connectivity index (χ1) is 19.0. The average molecular weight is 587 g/mol. The number of rotatable bonds is 7. The lowest BCUT2D eigenvalue weighted by Crippen LogP contribution is -2.27. The van der Waals surface area contributed by atoms with Gasteiger partial charge in [-0.15, -0.1) is 0 Å². The molecule has 0 saturated heterocycles. The SMILES string of the molecule is N#Cc1c(-c2cc(C(F)(F)F)ccc2Cl)cc(-c2cc(Cl)cc(C(=O)NCCc3ccccn3)c2CO)[nH]c1=O. The van der Waals surface area contributed by atoms with Gasteiger partial charge < -0.3 is 15.4 Å². The first-order valence-corrected chi connectivity index (χ1v) is 12.5. The molecule has 4 rings (SSSR count). The molecule has 0 aliphatic carbocycles. The van der Waals surface area contributed by atoms with Crippen molar-refractivity contribution >= 4 is 29.1 Å². The summed E-state index contributed by atoms with van der Waals surface area (Å²) in [5.41, 5.74) is -1.75. The van der Waals surface area contributed by atoms with Gasteiger partial charge in [-0.25, -0.2) is 0 Å². The molecule has 0 fully saturated rings. The van der Waals surface area contributed by atoms with Gasteiger partial charge in [0.25, 0.3) is 11.5 Å². The first-order valence-electron chi connectivity index (χ1n) is 11.7. The lowest BCUT2D eigenvalue weighted by molar-refractivity contribution is -0.137. The number of hydrogen-bond acceptors (Lipinski definition) is 5. The third-order valence-electron chi connectivity index (χ3n) is 6.03. The fraction of sp³-hybridized carbons (Fsp3) is 0.143. The maximum absolute atomic E-state index is 13.4. The monoisotopic (exact) mass is 586 g/mol. The standard InChI is InChI=1S/C28H19Cl2F3N4O3/c29-16-10-20(23(14-38)21(11-16)26(39)36-8-6-17-3-1-2-7-35-17)25-12-18(22(13-34)27(40)37-25)19-9-15(28(31,32)33)4-5-24(19)30/h1-5,7,9-12,38H,6,8,14H2,(H,36,39)(H,37,40). The normalized spacial score (nSPS) is 11.2. The minimum absolute atomic E-state index is 0.00145. The van der Waals surface area contributed by atoms with Crippen molar-refractivity contribution in [1.29, 1.82) is 5.26 Å². The zero-order valence-electron chi connectivity index (χ0n) is 20.4. The van der Waals surface area contributed by atoms with Gasteiger partial charge in [0.1, 0.15) is 11.6 Å². The molecule has 0 aliphatic rings. The Kier molecular flexibility index (Phi) is 8.59.